The second-order valence-corrected chi connectivity index (χ2v) is 5.51. The first-order valence-corrected chi connectivity index (χ1v) is 7.66. The zero-order valence-electron chi connectivity index (χ0n) is 11.8. The predicted molar refractivity (Wildman–Crippen MR) is 75.1 cm³/mol. The molecule has 1 unspecified atom stereocenters. The van der Waals surface area contributed by atoms with Crippen molar-refractivity contribution in [1.82, 2.24) is 15.5 Å². The van der Waals surface area contributed by atoms with Crippen molar-refractivity contribution in [2.45, 2.75) is 38.2 Å². The van der Waals surface area contributed by atoms with Crippen LogP contribution in [0, 0.1) is 0 Å². The topological polar surface area (TPSA) is 53.6 Å². The van der Waals surface area contributed by atoms with Crippen molar-refractivity contribution >= 4 is 5.91 Å². The van der Waals surface area contributed by atoms with E-state index in [4.69, 9.17) is 4.74 Å². The Morgan fingerprint density at radius 1 is 1.26 bits per heavy atom. The first-order valence-electron chi connectivity index (χ1n) is 7.66. The molecule has 0 aromatic rings. The third kappa shape index (κ3) is 5.89. The normalized spacial score (nSPS) is 25.8. The van der Waals surface area contributed by atoms with E-state index < -0.39 is 0 Å². The van der Waals surface area contributed by atoms with Gasteiger partial charge < -0.3 is 20.3 Å². The number of ether oxygens (including phenoxy) is 1. The van der Waals surface area contributed by atoms with Gasteiger partial charge in [-0.15, -0.1) is 0 Å². The molecule has 1 amide bonds. The fraction of sp³-hybridized carbons (Fsp3) is 0.929. The van der Waals surface area contributed by atoms with Crippen molar-refractivity contribution in [1.29, 1.82) is 0 Å². The molecule has 0 bridgehead atoms. The maximum absolute atomic E-state index is 11.8. The molecule has 0 saturated carbocycles. The highest BCUT2D eigenvalue weighted by Gasteiger charge is 2.17. The number of hydrogen-bond donors (Lipinski definition) is 2. The number of carbonyl (C=O) groups excluding carboxylic acids is 1. The van der Waals surface area contributed by atoms with E-state index in [1.807, 2.05) is 0 Å². The van der Waals surface area contributed by atoms with Gasteiger partial charge in [0.1, 0.15) is 0 Å². The summed E-state index contributed by atoms with van der Waals surface area (Å²) in [6.45, 7) is 6.52. The zero-order chi connectivity index (χ0) is 13.3. The number of likely N-dealkylation sites (tertiary alicyclic amines) is 1. The Kier molecular flexibility index (Phi) is 6.61. The summed E-state index contributed by atoms with van der Waals surface area (Å²) in [4.78, 5) is 14.2. The van der Waals surface area contributed by atoms with Crippen molar-refractivity contribution in [3.63, 3.8) is 0 Å². The van der Waals surface area contributed by atoms with Crippen molar-refractivity contribution in [2.24, 2.45) is 0 Å². The van der Waals surface area contributed by atoms with Crippen LogP contribution in [0.5, 0.6) is 0 Å². The monoisotopic (exact) mass is 269 g/mol. The number of amides is 1. The highest BCUT2D eigenvalue weighted by molar-refractivity contribution is 5.76. The fourth-order valence-corrected chi connectivity index (χ4v) is 2.74. The van der Waals surface area contributed by atoms with Crippen LogP contribution in [-0.2, 0) is 9.53 Å². The van der Waals surface area contributed by atoms with Gasteiger partial charge in [0, 0.05) is 26.2 Å². The Labute approximate surface area is 116 Å². The Balaban J connectivity index is 1.55. The average molecular weight is 269 g/mol. The highest BCUT2D eigenvalue weighted by Crippen LogP contribution is 2.08. The highest BCUT2D eigenvalue weighted by atomic mass is 16.5. The molecular weight excluding hydrogens is 242 g/mol. The lowest BCUT2D eigenvalue weighted by Gasteiger charge is -2.23. The number of nitrogens with zero attached hydrogens (tertiary/aromatic N) is 1. The summed E-state index contributed by atoms with van der Waals surface area (Å²) in [6.07, 6.45) is 5.84. The van der Waals surface area contributed by atoms with Gasteiger partial charge in [-0.05, 0) is 25.9 Å². The smallest absolute Gasteiger partial charge is 0.222 e. The number of carbonyl (C=O) groups is 1. The summed E-state index contributed by atoms with van der Waals surface area (Å²) in [5.74, 6) is 0.114. The van der Waals surface area contributed by atoms with E-state index in [0.717, 1.165) is 26.2 Å². The van der Waals surface area contributed by atoms with Gasteiger partial charge in [0.15, 0.2) is 0 Å². The van der Waals surface area contributed by atoms with E-state index in [-0.39, 0.29) is 12.0 Å². The molecule has 5 nitrogen and oxygen atoms in total. The third-order valence-corrected chi connectivity index (χ3v) is 3.87. The summed E-state index contributed by atoms with van der Waals surface area (Å²) >= 11 is 0. The van der Waals surface area contributed by atoms with Gasteiger partial charge in [0.2, 0.25) is 5.91 Å². The molecule has 2 aliphatic heterocycles. The maximum atomic E-state index is 11.8. The lowest BCUT2D eigenvalue weighted by molar-refractivity contribution is -0.124. The molecule has 0 aromatic heterocycles. The molecule has 2 heterocycles. The molecule has 0 aliphatic carbocycles. The van der Waals surface area contributed by atoms with Crippen LogP contribution in [0.2, 0.25) is 0 Å². The van der Waals surface area contributed by atoms with Crippen LogP contribution in [0.1, 0.15) is 32.1 Å². The van der Waals surface area contributed by atoms with Gasteiger partial charge in [0.25, 0.3) is 0 Å². The molecule has 0 spiro atoms. The first-order chi connectivity index (χ1) is 9.34. The quantitative estimate of drug-likeness (QED) is 0.756. The molecule has 19 heavy (non-hydrogen) atoms. The lowest BCUT2D eigenvalue weighted by atomic mass is 10.2. The van der Waals surface area contributed by atoms with Gasteiger partial charge >= 0.3 is 0 Å². The fourth-order valence-electron chi connectivity index (χ4n) is 2.74. The summed E-state index contributed by atoms with van der Waals surface area (Å²) in [5.41, 5.74) is 0. The summed E-state index contributed by atoms with van der Waals surface area (Å²) in [5, 5.41) is 6.25. The summed E-state index contributed by atoms with van der Waals surface area (Å²) in [7, 11) is 0. The average Bonchev–Trinajstić information content (AvgIpc) is 2.68. The van der Waals surface area contributed by atoms with E-state index in [0.29, 0.717) is 13.0 Å². The Morgan fingerprint density at radius 2 is 2.05 bits per heavy atom. The zero-order valence-corrected chi connectivity index (χ0v) is 11.8. The number of rotatable bonds is 5. The van der Waals surface area contributed by atoms with Crippen LogP contribution >= 0.6 is 0 Å². The minimum Gasteiger partial charge on any atom is -0.375 e. The molecule has 110 valence electrons. The molecule has 2 rings (SSSR count). The first kappa shape index (κ1) is 14.8. The number of morpholine rings is 1. The van der Waals surface area contributed by atoms with Gasteiger partial charge in [-0.1, -0.05) is 12.8 Å². The van der Waals surface area contributed by atoms with Gasteiger partial charge in [-0.25, -0.2) is 0 Å². The van der Waals surface area contributed by atoms with E-state index >= 15 is 0 Å². The van der Waals surface area contributed by atoms with Gasteiger partial charge in [-0.3, -0.25) is 4.79 Å². The number of hydrogen-bond acceptors (Lipinski definition) is 4. The molecule has 1 atom stereocenters. The second-order valence-electron chi connectivity index (χ2n) is 5.51. The molecular formula is C14H27N3O2. The molecule has 2 fully saturated rings. The molecule has 2 aliphatic rings. The van der Waals surface area contributed by atoms with E-state index in [1.165, 1.54) is 38.8 Å². The Bertz CT molecular complexity index is 259. The molecule has 2 N–H and O–H groups in total. The summed E-state index contributed by atoms with van der Waals surface area (Å²) < 4.78 is 5.53. The van der Waals surface area contributed by atoms with Crippen LogP contribution in [0.3, 0.4) is 0 Å². The van der Waals surface area contributed by atoms with Crippen LogP contribution in [0.25, 0.3) is 0 Å². The Morgan fingerprint density at radius 3 is 2.74 bits per heavy atom. The molecule has 2 saturated heterocycles. The van der Waals surface area contributed by atoms with Crippen LogP contribution in [-0.4, -0.2) is 62.8 Å². The minimum atomic E-state index is 0.0481. The van der Waals surface area contributed by atoms with Crippen molar-refractivity contribution in [2.75, 3.05) is 45.9 Å². The van der Waals surface area contributed by atoms with Crippen LogP contribution in [0.4, 0.5) is 0 Å². The van der Waals surface area contributed by atoms with E-state index in [2.05, 4.69) is 15.5 Å². The summed E-state index contributed by atoms with van der Waals surface area (Å²) in [6, 6.07) is 0. The van der Waals surface area contributed by atoms with Crippen molar-refractivity contribution in [3.05, 3.63) is 0 Å². The largest absolute Gasteiger partial charge is 0.375 e. The van der Waals surface area contributed by atoms with Crippen LogP contribution < -0.4 is 10.6 Å². The molecule has 0 radical (unpaired) electrons. The SMILES string of the molecule is O=C(CC1CNCCO1)NCCN1CCCCCC1. The van der Waals surface area contributed by atoms with Gasteiger partial charge in [0.05, 0.1) is 19.1 Å². The molecule has 5 heteroatoms. The van der Waals surface area contributed by atoms with E-state index in [9.17, 15) is 4.79 Å². The standard InChI is InChI=1S/C14H27N3O2/c18-14(11-13-12-15-6-10-19-13)16-5-9-17-7-3-1-2-4-8-17/h13,15H,1-12H2,(H,16,18). The molecule has 0 aromatic carbocycles. The van der Waals surface area contributed by atoms with Crippen molar-refractivity contribution in [3.8, 4) is 0 Å². The lowest BCUT2D eigenvalue weighted by Crippen LogP contribution is -2.42. The maximum Gasteiger partial charge on any atom is 0.222 e. The van der Waals surface area contributed by atoms with Crippen molar-refractivity contribution < 1.29 is 9.53 Å². The minimum absolute atomic E-state index is 0.0481. The predicted octanol–water partition coefficient (Wildman–Crippen LogP) is 0.357. The second kappa shape index (κ2) is 8.51. The van der Waals surface area contributed by atoms with E-state index in [1.54, 1.807) is 0 Å². The third-order valence-electron chi connectivity index (χ3n) is 3.87. The number of nitrogens with one attached hydrogen (secondary N) is 2. The van der Waals surface area contributed by atoms with Crippen LogP contribution in [0.15, 0.2) is 0 Å². The van der Waals surface area contributed by atoms with Gasteiger partial charge in [-0.2, -0.15) is 0 Å². The Hall–Kier alpha value is -0.650.